The molecule has 0 saturated carbocycles. The third kappa shape index (κ3) is 5.50. The third-order valence-corrected chi connectivity index (χ3v) is 7.04. The molecule has 0 bridgehead atoms. The summed E-state index contributed by atoms with van der Waals surface area (Å²) in [5, 5.41) is 6.54. The lowest BCUT2D eigenvalue weighted by atomic mass is 10.0. The van der Waals surface area contributed by atoms with Gasteiger partial charge in [-0.1, -0.05) is 41.9 Å². The maximum Gasteiger partial charge on any atom is 0.262 e. The molecule has 0 aromatic heterocycles. The van der Waals surface area contributed by atoms with Crippen molar-refractivity contribution in [1.82, 2.24) is 10.2 Å². The Morgan fingerprint density at radius 1 is 1.29 bits per heavy atom. The number of anilines is 1. The van der Waals surface area contributed by atoms with Crippen molar-refractivity contribution in [3.63, 3.8) is 0 Å². The zero-order valence-corrected chi connectivity index (χ0v) is 19.1. The number of carbonyl (C=O) groups is 2. The lowest BCUT2D eigenvalue weighted by molar-refractivity contribution is -0.112. The highest BCUT2D eigenvalue weighted by Crippen LogP contribution is 2.39. The van der Waals surface area contributed by atoms with Gasteiger partial charge in [0.15, 0.2) is 0 Å². The molecule has 0 radical (unpaired) electrons. The number of rotatable bonds is 5. The van der Waals surface area contributed by atoms with Crippen molar-refractivity contribution in [2.24, 2.45) is 0 Å². The van der Waals surface area contributed by atoms with Crippen LogP contribution in [0.4, 0.5) is 5.69 Å². The summed E-state index contributed by atoms with van der Waals surface area (Å²) in [4.78, 5) is 29.1. The van der Waals surface area contributed by atoms with Crippen LogP contribution in [0.15, 0.2) is 52.3 Å². The SMILES string of the molecule is CC1CCCCN1CCNC(=O)c1ccc2c(c1)NC(=O)/C(=C\c1cccc(Cl)c1)S2. The Bertz CT molecular complexity index is 1020. The number of hydrogen-bond acceptors (Lipinski definition) is 4. The second kappa shape index (κ2) is 9.90. The standard InChI is InChI=1S/C24H26ClN3O2S/c1-16-5-2-3-11-28(16)12-10-26-23(29)18-8-9-21-20(15-18)27-24(30)22(31-21)14-17-6-4-7-19(25)13-17/h4,6-9,13-16H,2-3,5,10-12H2,1H3,(H,26,29)(H,27,30)/b22-14+. The Kier molecular flexibility index (Phi) is 7.00. The number of nitrogens with zero attached hydrogens (tertiary/aromatic N) is 1. The summed E-state index contributed by atoms with van der Waals surface area (Å²) in [6, 6.07) is 13.4. The van der Waals surface area contributed by atoms with Gasteiger partial charge in [-0.25, -0.2) is 0 Å². The second-order valence-electron chi connectivity index (χ2n) is 7.97. The molecular weight excluding hydrogens is 430 g/mol. The van der Waals surface area contributed by atoms with E-state index < -0.39 is 0 Å². The molecule has 2 aliphatic rings. The van der Waals surface area contributed by atoms with Crippen LogP contribution in [0.3, 0.4) is 0 Å². The largest absolute Gasteiger partial charge is 0.351 e. The summed E-state index contributed by atoms with van der Waals surface area (Å²) < 4.78 is 0. The molecule has 2 heterocycles. The summed E-state index contributed by atoms with van der Waals surface area (Å²) in [5.74, 6) is -0.305. The van der Waals surface area contributed by atoms with Gasteiger partial charge in [0.1, 0.15) is 0 Å². The molecule has 1 fully saturated rings. The average molecular weight is 456 g/mol. The Balaban J connectivity index is 1.39. The van der Waals surface area contributed by atoms with Crippen LogP contribution in [0.25, 0.3) is 6.08 Å². The number of fused-ring (bicyclic) bond motifs is 1. The minimum absolute atomic E-state index is 0.119. The maximum atomic E-state index is 12.6. The molecule has 2 aromatic rings. The van der Waals surface area contributed by atoms with E-state index in [1.807, 2.05) is 30.3 Å². The molecule has 1 unspecified atom stereocenters. The maximum absolute atomic E-state index is 12.6. The number of likely N-dealkylation sites (tertiary alicyclic amines) is 1. The molecule has 162 valence electrons. The lowest BCUT2D eigenvalue weighted by Crippen LogP contribution is -2.42. The Labute approximate surface area is 192 Å². The van der Waals surface area contributed by atoms with E-state index in [4.69, 9.17) is 11.6 Å². The van der Waals surface area contributed by atoms with Gasteiger partial charge in [0, 0.05) is 34.6 Å². The van der Waals surface area contributed by atoms with Gasteiger partial charge in [-0.2, -0.15) is 0 Å². The highest BCUT2D eigenvalue weighted by Gasteiger charge is 2.23. The lowest BCUT2D eigenvalue weighted by Gasteiger charge is -2.33. The number of thioether (sulfide) groups is 1. The molecule has 7 heteroatoms. The first kappa shape index (κ1) is 21.9. The van der Waals surface area contributed by atoms with Gasteiger partial charge in [0.2, 0.25) is 0 Å². The minimum Gasteiger partial charge on any atom is -0.351 e. The number of hydrogen-bond donors (Lipinski definition) is 2. The van der Waals surface area contributed by atoms with Crippen LogP contribution in [0.5, 0.6) is 0 Å². The number of carbonyl (C=O) groups excluding carboxylic acids is 2. The number of amides is 2. The quantitative estimate of drug-likeness (QED) is 0.621. The Hall–Kier alpha value is -2.28. The van der Waals surface area contributed by atoms with E-state index in [-0.39, 0.29) is 11.8 Å². The summed E-state index contributed by atoms with van der Waals surface area (Å²) in [5.41, 5.74) is 2.08. The zero-order valence-electron chi connectivity index (χ0n) is 17.5. The molecule has 2 amide bonds. The highest BCUT2D eigenvalue weighted by atomic mass is 35.5. The number of piperidine rings is 1. The molecule has 2 N–H and O–H groups in total. The molecule has 0 aliphatic carbocycles. The van der Waals surface area contributed by atoms with Gasteiger partial charge in [0.05, 0.1) is 10.6 Å². The predicted octanol–water partition coefficient (Wildman–Crippen LogP) is 5.03. The monoisotopic (exact) mass is 455 g/mol. The summed E-state index contributed by atoms with van der Waals surface area (Å²) in [6.45, 7) is 4.83. The second-order valence-corrected chi connectivity index (χ2v) is 9.49. The molecule has 2 aliphatic heterocycles. The summed E-state index contributed by atoms with van der Waals surface area (Å²) in [7, 11) is 0. The van der Waals surface area contributed by atoms with Crippen LogP contribution in [0.1, 0.15) is 42.1 Å². The molecule has 2 aromatic carbocycles. The Morgan fingerprint density at radius 2 is 2.16 bits per heavy atom. The van der Waals surface area contributed by atoms with Crippen molar-refractivity contribution in [2.75, 3.05) is 25.0 Å². The van der Waals surface area contributed by atoms with E-state index in [2.05, 4.69) is 22.5 Å². The van der Waals surface area contributed by atoms with E-state index >= 15 is 0 Å². The molecule has 5 nitrogen and oxygen atoms in total. The van der Waals surface area contributed by atoms with Crippen molar-refractivity contribution in [1.29, 1.82) is 0 Å². The minimum atomic E-state index is -0.186. The fraction of sp³-hybridized carbons (Fsp3) is 0.333. The fourth-order valence-corrected chi connectivity index (χ4v) is 5.08. The van der Waals surface area contributed by atoms with E-state index in [0.29, 0.717) is 33.8 Å². The number of benzene rings is 2. The van der Waals surface area contributed by atoms with Crippen molar-refractivity contribution >= 4 is 46.9 Å². The van der Waals surface area contributed by atoms with Crippen LogP contribution in [-0.4, -0.2) is 42.4 Å². The van der Waals surface area contributed by atoms with Gasteiger partial charge >= 0.3 is 0 Å². The van der Waals surface area contributed by atoms with Crippen LogP contribution in [0, 0.1) is 0 Å². The van der Waals surface area contributed by atoms with E-state index in [1.54, 1.807) is 18.2 Å². The van der Waals surface area contributed by atoms with Crippen molar-refractivity contribution in [2.45, 2.75) is 37.1 Å². The topological polar surface area (TPSA) is 61.4 Å². The van der Waals surface area contributed by atoms with Crippen molar-refractivity contribution < 1.29 is 9.59 Å². The van der Waals surface area contributed by atoms with Gasteiger partial charge < -0.3 is 10.6 Å². The van der Waals surface area contributed by atoms with Crippen molar-refractivity contribution in [3.05, 3.63) is 63.5 Å². The van der Waals surface area contributed by atoms with Crippen LogP contribution < -0.4 is 10.6 Å². The molecule has 1 atom stereocenters. The molecule has 1 saturated heterocycles. The molecule has 31 heavy (non-hydrogen) atoms. The van der Waals surface area contributed by atoms with Crippen LogP contribution in [-0.2, 0) is 4.79 Å². The Morgan fingerprint density at radius 3 is 2.97 bits per heavy atom. The number of halogens is 1. The van der Waals surface area contributed by atoms with Gasteiger partial charge in [0.25, 0.3) is 11.8 Å². The smallest absolute Gasteiger partial charge is 0.262 e. The molecule has 4 rings (SSSR count). The fourth-order valence-electron chi connectivity index (χ4n) is 3.95. The van der Waals surface area contributed by atoms with E-state index in [9.17, 15) is 9.59 Å². The first-order valence-corrected chi connectivity index (χ1v) is 11.8. The highest BCUT2D eigenvalue weighted by molar-refractivity contribution is 8.04. The van der Waals surface area contributed by atoms with E-state index in [1.165, 1.54) is 31.0 Å². The number of nitrogens with one attached hydrogen (secondary N) is 2. The van der Waals surface area contributed by atoms with Crippen LogP contribution in [0.2, 0.25) is 5.02 Å². The van der Waals surface area contributed by atoms with E-state index in [0.717, 1.165) is 23.5 Å². The van der Waals surface area contributed by atoms with Gasteiger partial charge in [-0.15, -0.1) is 0 Å². The zero-order chi connectivity index (χ0) is 21.8. The third-order valence-electron chi connectivity index (χ3n) is 5.71. The summed E-state index contributed by atoms with van der Waals surface area (Å²) >= 11 is 7.43. The first-order valence-electron chi connectivity index (χ1n) is 10.6. The van der Waals surface area contributed by atoms with Crippen molar-refractivity contribution in [3.8, 4) is 0 Å². The van der Waals surface area contributed by atoms with Gasteiger partial charge in [-0.3, -0.25) is 14.5 Å². The predicted molar refractivity (Wildman–Crippen MR) is 128 cm³/mol. The normalized spacial score (nSPS) is 20.3. The van der Waals surface area contributed by atoms with Gasteiger partial charge in [-0.05, 0) is 68.3 Å². The first-order chi connectivity index (χ1) is 15.0. The summed E-state index contributed by atoms with van der Waals surface area (Å²) in [6.07, 6.45) is 5.56. The molecular formula is C24H26ClN3O2S. The average Bonchev–Trinajstić information content (AvgIpc) is 2.75. The molecule has 0 spiro atoms. The van der Waals surface area contributed by atoms with Crippen LogP contribution >= 0.6 is 23.4 Å².